The second-order valence-corrected chi connectivity index (χ2v) is 13.8. The molecule has 4 rings (SSSR count). The first-order valence-corrected chi connectivity index (χ1v) is 16.7. The number of ketones is 1. The summed E-state index contributed by atoms with van der Waals surface area (Å²) >= 11 is 0. The number of benzene rings is 1. The number of nitrogens with zero attached hydrogens (tertiary/aromatic N) is 4. The Kier molecular flexibility index (Phi) is 11.8. The van der Waals surface area contributed by atoms with Crippen molar-refractivity contribution < 1.29 is 28.6 Å². The lowest BCUT2D eigenvalue weighted by Crippen LogP contribution is -2.60. The molecule has 12 nitrogen and oxygen atoms in total. The van der Waals surface area contributed by atoms with Crippen molar-refractivity contribution in [3.63, 3.8) is 0 Å². The number of nitrogens with two attached hydrogens (primary N) is 1. The molecule has 2 radical (unpaired) electrons. The van der Waals surface area contributed by atoms with Gasteiger partial charge in [0.2, 0.25) is 0 Å². The van der Waals surface area contributed by atoms with Crippen molar-refractivity contribution in [1.29, 1.82) is 0 Å². The summed E-state index contributed by atoms with van der Waals surface area (Å²) in [4.78, 5) is 41.6. The zero-order valence-corrected chi connectivity index (χ0v) is 28.9. The summed E-state index contributed by atoms with van der Waals surface area (Å²) in [6.07, 6.45) is 2.66. The van der Waals surface area contributed by atoms with Gasteiger partial charge in [0, 0.05) is 43.4 Å². The van der Waals surface area contributed by atoms with Gasteiger partial charge in [0.15, 0.2) is 5.60 Å². The number of aromatic nitrogens is 3. The fourth-order valence-corrected chi connectivity index (χ4v) is 7.23. The lowest BCUT2D eigenvalue weighted by atomic mass is 9.63. The van der Waals surface area contributed by atoms with E-state index in [9.17, 15) is 14.4 Å². The fraction of sp³-hybridized carbons (Fsp3) is 0.676. The number of hydrogen-bond donors (Lipinski definition) is 2. The number of carbonyl (C=O) groups excluding carboxylic acids is 3. The predicted molar refractivity (Wildman–Crippen MR) is 180 cm³/mol. The Balaban J connectivity index is 1.51. The summed E-state index contributed by atoms with van der Waals surface area (Å²) in [5, 5.41) is 12.2. The molecule has 2 aliphatic heterocycles. The summed E-state index contributed by atoms with van der Waals surface area (Å²) in [5.41, 5.74) is 6.28. The highest BCUT2D eigenvalue weighted by atomic mass is 16.6. The quantitative estimate of drug-likeness (QED) is 0.140. The maximum absolute atomic E-state index is 13.5. The minimum atomic E-state index is -1.15. The number of nitrogen functional groups attached to an aromatic ring is 1. The Morgan fingerprint density at radius 1 is 1.15 bits per heavy atom. The first-order valence-electron chi connectivity index (χ1n) is 16.7. The largest absolute Gasteiger partial charge is 0.458 e. The van der Waals surface area contributed by atoms with E-state index in [1.165, 1.54) is 0 Å². The minimum absolute atomic E-state index is 0.123. The summed E-state index contributed by atoms with van der Waals surface area (Å²) in [6.45, 7) is 13.1. The molecule has 0 bridgehead atoms. The standard InChI is InChI=1S/C34H51BN6O6/c1-8-28-34(6)31(23(4)37-19-21(2)18-33(5,45-7)30(35)22(3)27(42)17-29(43)46-28)41(32(44)47-34)15-10-9-14-40-20-26(38-39-40)24-12-11-13-25(36)16-24/h11-13,16,20-23,28,30-31,37H,8-10,14-15,17-19,36H2,1-7H3/t21-,22+,23-,28-,30-,31-,33-,34-/m1/s1. The maximum atomic E-state index is 13.5. The molecule has 3 heterocycles. The van der Waals surface area contributed by atoms with Gasteiger partial charge in [-0.2, -0.15) is 0 Å². The maximum Gasteiger partial charge on any atom is 0.410 e. The number of nitrogens with one attached hydrogen (secondary N) is 1. The Labute approximate surface area is 279 Å². The van der Waals surface area contributed by atoms with Gasteiger partial charge < -0.3 is 25.3 Å². The number of rotatable bonds is 8. The molecule has 1 amide bonds. The van der Waals surface area contributed by atoms with Crippen LogP contribution in [-0.4, -0.2) is 95.2 Å². The van der Waals surface area contributed by atoms with Crippen LogP contribution in [-0.2, 0) is 30.3 Å². The summed E-state index contributed by atoms with van der Waals surface area (Å²) < 4.78 is 19.7. The van der Waals surface area contributed by atoms with E-state index in [0.717, 1.165) is 17.7 Å². The van der Waals surface area contributed by atoms with Crippen LogP contribution in [0.2, 0.25) is 5.82 Å². The van der Waals surface area contributed by atoms with Crippen LogP contribution in [0.15, 0.2) is 30.5 Å². The Morgan fingerprint density at radius 3 is 2.55 bits per heavy atom. The fourth-order valence-electron chi connectivity index (χ4n) is 7.23. The smallest absolute Gasteiger partial charge is 0.410 e. The molecule has 8 atom stereocenters. The van der Waals surface area contributed by atoms with Crippen molar-refractivity contribution in [1.82, 2.24) is 25.2 Å². The van der Waals surface area contributed by atoms with Gasteiger partial charge in [-0.25, -0.2) is 4.79 Å². The van der Waals surface area contributed by atoms with E-state index in [1.54, 1.807) is 23.6 Å². The van der Waals surface area contributed by atoms with E-state index in [0.29, 0.717) is 44.6 Å². The van der Waals surface area contributed by atoms with Gasteiger partial charge in [-0.05, 0) is 76.9 Å². The molecule has 0 unspecified atom stereocenters. The monoisotopic (exact) mass is 650 g/mol. The van der Waals surface area contributed by atoms with E-state index in [1.807, 2.05) is 58.2 Å². The number of ether oxygens (including phenoxy) is 3. The molecule has 3 N–H and O–H groups in total. The third-order valence-corrected chi connectivity index (χ3v) is 10.1. The average Bonchev–Trinajstić information content (AvgIpc) is 3.61. The molecular weight excluding hydrogens is 599 g/mol. The summed E-state index contributed by atoms with van der Waals surface area (Å²) in [5.74, 6) is -2.09. The van der Waals surface area contributed by atoms with Crippen LogP contribution >= 0.6 is 0 Å². The van der Waals surface area contributed by atoms with Gasteiger partial charge in [0.05, 0.1) is 25.7 Å². The predicted octanol–water partition coefficient (Wildman–Crippen LogP) is 4.18. The topological polar surface area (TPSA) is 151 Å². The van der Waals surface area contributed by atoms with Crippen LogP contribution in [0.1, 0.15) is 73.6 Å². The molecule has 2 saturated heterocycles. The highest BCUT2D eigenvalue weighted by Crippen LogP contribution is 2.40. The normalized spacial score (nSPS) is 32.7. The Hall–Kier alpha value is -3.45. The third kappa shape index (κ3) is 8.17. The van der Waals surface area contributed by atoms with Gasteiger partial charge in [-0.3, -0.25) is 19.2 Å². The van der Waals surface area contributed by atoms with Crippen LogP contribution < -0.4 is 11.1 Å². The van der Waals surface area contributed by atoms with Gasteiger partial charge in [0.1, 0.15) is 24.0 Å². The van der Waals surface area contributed by atoms with Crippen LogP contribution in [0.4, 0.5) is 10.5 Å². The van der Waals surface area contributed by atoms with Crippen molar-refractivity contribution in [3.05, 3.63) is 30.5 Å². The molecule has 1 aromatic heterocycles. The number of esters is 1. The lowest BCUT2D eigenvalue weighted by molar-refractivity contribution is -0.165. The number of fused-ring (bicyclic) bond motifs is 1. The first-order chi connectivity index (χ1) is 22.2. The Morgan fingerprint density at radius 2 is 1.87 bits per heavy atom. The zero-order chi connectivity index (χ0) is 34.5. The molecule has 2 aliphatic rings. The van der Waals surface area contributed by atoms with Crippen molar-refractivity contribution in [3.8, 4) is 11.3 Å². The molecule has 13 heteroatoms. The highest BCUT2D eigenvalue weighted by molar-refractivity contribution is 6.15. The molecule has 2 fully saturated rings. The van der Waals surface area contributed by atoms with Crippen molar-refractivity contribution in [2.45, 2.75) is 115 Å². The number of unbranched alkanes of at least 4 members (excludes halogenated alkanes) is 1. The van der Waals surface area contributed by atoms with Gasteiger partial charge in [-0.1, -0.05) is 38.1 Å². The molecule has 0 aliphatic carbocycles. The molecule has 0 saturated carbocycles. The van der Waals surface area contributed by atoms with Crippen LogP contribution in [0, 0.1) is 11.8 Å². The van der Waals surface area contributed by atoms with Crippen LogP contribution in [0.5, 0.6) is 0 Å². The third-order valence-electron chi connectivity index (χ3n) is 10.1. The Bertz CT molecular complexity index is 1410. The zero-order valence-electron chi connectivity index (χ0n) is 28.9. The van der Waals surface area contributed by atoms with Crippen molar-refractivity contribution in [2.75, 3.05) is 25.9 Å². The average molecular weight is 651 g/mol. The van der Waals surface area contributed by atoms with E-state index in [4.69, 9.17) is 27.8 Å². The summed E-state index contributed by atoms with van der Waals surface area (Å²) in [7, 11) is 8.19. The SMILES string of the molecule is [B][C@@H]1[C@@H](C)C(=O)CC(=O)O[C@H](CC)[C@@]2(C)OC(=O)N(CCCCn3cc(-c4cccc(N)c4)nn3)[C@@H]2[C@@H](C)NC[C@H](C)C[C@@]1(C)OC. The molecule has 2 aromatic rings. The summed E-state index contributed by atoms with van der Waals surface area (Å²) in [6, 6.07) is 6.84. The van der Waals surface area contributed by atoms with E-state index in [2.05, 4.69) is 22.6 Å². The van der Waals surface area contributed by atoms with Crippen LogP contribution in [0.3, 0.4) is 0 Å². The molecule has 47 heavy (non-hydrogen) atoms. The second kappa shape index (κ2) is 15.2. The second-order valence-electron chi connectivity index (χ2n) is 13.8. The number of cyclic esters (lactones) is 1. The number of hydrogen-bond acceptors (Lipinski definition) is 10. The van der Waals surface area contributed by atoms with Gasteiger partial charge in [0.25, 0.3) is 0 Å². The molecule has 0 spiro atoms. The van der Waals surface area contributed by atoms with E-state index >= 15 is 0 Å². The highest BCUT2D eigenvalue weighted by Gasteiger charge is 2.58. The van der Waals surface area contributed by atoms with Gasteiger partial charge >= 0.3 is 12.1 Å². The molecule has 256 valence electrons. The van der Waals surface area contributed by atoms with Crippen molar-refractivity contribution >= 4 is 31.4 Å². The number of methoxy groups -OCH3 is 1. The number of amides is 1. The number of carbonyl (C=O) groups is 3. The lowest BCUT2D eigenvalue weighted by Gasteiger charge is -2.41. The number of aryl methyl sites for hydroxylation is 1. The minimum Gasteiger partial charge on any atom is -0.458 e. The molecule has 1 aromatic carbocycles. The first kappa shape index (κ1) is 36.4. The van der Waals surface area contributed by atoms with Crippen molar-refractivity contribution in [2.24, 2.45) is 11.8 Å². The number of anilines is 1. The number of Topliss-reactive ketones (excluding diaryl/α,β-unsaturated/α-hetero) is 1. The van der Waals surface area contributed by atoms with Gasteiger partial charge in [-0.15, -0.1) is 5.10 Å². The van der Waals surface area contributed by atoms with E-state index < -0.39 is 53.6 Å². The van der Waals surface area contributed by atoms with Crippen LogP contribution in [0.25, 0.3) is 11.3 Å². The molecular formula is C34H51BN6O6. The van der Waals surface area contributed by atoms with E-state index in [-0.39, 0.29) is 17.7 Å².